The van der Waals surface area contributed by atoms with Crippen LogP contribution in [-0.2, 0) is 14.3 Å². The Bertz CT molecular complexity index is 338. The Hall–Kier alpha value is -1.06. The topological polar surface area (TPSA) is 46.6 Å². The molecule has 0 aromatic heterocycles. The minimum atomic E-state index is -0.198. The van der Waals surface area contributed by atoms with Gasteiger partial charge in [-0.25, -0.2) is 0 Å². The van der Waals surface area contributed by atoms with Gasteiger partial charge in [-0.3, -0.25) is 9.59 Å². The largest absolute Gasteiger partial charge is 0.466 e. The van der Waals surface area contributed by atoms with E-state index in [1.807, 2.05) is 11.8 Å². The third-order valence-corrected chi connectivity index (χ3v) is 4.71. The average molecular weight is 325 g/mol. The predicted molar refractivity (Wildman–Crippen MR) is 93.2 cm³/mol. The minimum Gasteiger partial charge on any atom is -0.466 e. The highest BCUT2D eigenvalue weighted by Gasteiger charge is 2.21. The fourth-order valence-electron chi connectivity index (χ4n) is 3.32. The Morgan fingerprint density at radius 1 is 1.00 bits per heavy atom. The summed E-state index contributed by atoms with van der Waals surface area (Å²) in [6.07, 6.45) is 11.8. The number of ether oxygens (including phenoxy) is 1. The number of carbonyl (C=O) groups is 2. The monoisotopic (exact) mass is 325 g/mol. The summed E-state index contributed by atoms with van der Waals surface area (Å²) in [5.74, 6) is 0.589. The van der Waals surface area contributed by atoms with E-state index in [1.54, 1.807) is 0 Å². The van der Waals surface area contributed by atoms with Gasteiger partial charge in [-0.15, -0.1) is 0 Å². The Morgan fingerprint density at radius 3 is 2.39 bits per heavy atom. The molecule has 23 heavy (non-hydrogen) atoms. The smallest absolute Gasteiger partial charge is 0.307 e. The van der Waals surface area contributed by atoms with Crippen LogP contribution in [0.1, 0.15) is 84.5 Å². The number of hydrogen-bond acceptors (Lipinski definition) is 3. The summed E-state index contributed by atoms with van der Waals surface area (Å²) in [6, 6.07) is 0. The maximum atomic E-state index is 12.6. The van der Waals surface area contributed by atoms with Gasteiger partial charge < -0.3 is 9.64 Å². The number of esters is 1. The van der Waals surface area contributed by atoms with Crippen LogP contribution >= 0.6 is 0 Å². The summed E-state index contributed by atoms with van der Waals surface area (Å²) in [5, 5.41) is 0. The van der Waals surface area contributed by atoms with Gasteiger partial charge >= 0.3 is 5.97 Å². The summed E-state index contributed by atoms with van der Waals surface area (Å²) < 4.78 is 4.99. The summed E-state index contributed by atoms with van der Waals surface area (Å²) in [5.41, 5.74) is 0. The van der Waals surface area contributed by atoms with E-state index in [4.69, 9.17) is 4.74 Å². The third kappa shape index (κ3) is 8.97. The second-order valence-corrected chi connectivity index (χ2v) is 6.70. The second-order valence-electron chi connectivity index (χ2n) is 6.70. The standard InChI is InChI=1S/C19H35NO3/c1-3-5-6-10-14-20(15-13-19(22)23-4-2)18(21)16-17-11-8-7-9-12-17/h17H,3-16H2,1-2H3. The van der Waals surface area contributed by atoms with Crippen LogP contribution in [-0.4, -0.2) is 36.5 Å². The summed E-state index contributed by atoms with van der Waals surface area (Å²) in [4.78, 5) is 26.1. The zero-order valence-electron chi connectivity index (χ0n) is 15.1. The first-order valence-electron chi connectivity index (χ1n) is 9.60. The molecule has 1 fully saturated rings. The molecular weight excluding hydrogens is 290 g/mol. The summed E-state index contributed by atoms with van der Waals surface area (Å²) in [6.45, 7) is 5.70. The number of hydrogen-bond donors (Lipinski definition) is 0. The van der Waals surface area contributed by atoms with Gasteiger partial charge in [0, 0.05) is 19.5 Å². The highest BCUT2D eigenvalue weighted by atomic mass is 16.5. The Balaban J connectivity index is 2.42. The number of unbranched alkanes of at least 4 members (excludes halogenated alkanes) is 3. The molecule has 0 saturated heterocycles. The van der Waals surface area contributed by atoms with Crippen LogP contribution < -0.4 is 0 Å². The lowest BCUT2D eigenvalue weighted by molar-refractivity contribution is -0.144. The summed E-state index contributed by atoms with van der Waals surface area (Å²) in [7, 11) is 0. The van der Waals surface area contributed by atoms with Crippen molar-refractivity contribution in [3.05, 3.63) is 0 Å². The Labute approximate surface area is 141 Å². The molecule has 134 valence electrons. The van der Waals surface area contributed by atoms with Gasteiger partial charge in [-0.1, -0.05) is 45.4 Å². The first-order chi connectivity index (χ1) is 11.2. The van der Waals surface area contributed by atoms with E-state index in [0.29, 0.717) is 31.9 Å². The fraction of sp³-hybridized carbons (Fsp3) is 0.895. The predicted octanol–water partition coefficient (Wildman–Crippen LogP) is 4.32. The molecule has 1 amide bonds. The summed E-state index contributed by atoms with van der Waals surface area (Å²) >= 11 is 0. The number of rotatable bonds is 11. The van der Waals surface area contributed by atoms with Gasteiger partial charge in [-0.05, 0) is 32.1 Å². The molecular formula is C19H35NO3. The first kappa shape index (κ1) is 20.0. The van der Waals surface area contributed by atoms with Crippen LogP contribution in [0, 0.1) is 5.92 Å². The van der Waals surface area contributed by atoms with E-state index in [0.717, 1.165) is 19.4 Å². The molecule has 1 aliphatic carbocycles. The van der Waals surface area contributed by atoms with Gasteiger partial charge in [0.25, 0.3) is 0 Å². The lowest BCUT2D eigenvalue weighted by atomic mass is 9.86. The van der Waals surface area contributed by atoms with Crippen LogP contribution in [0.4, 0.5) is 0 Å². The normalized spacial score (nSPS) is 15.4. The third-order valence-electron chi connectivity index (χ3n) is 4.71. The molecule has 1 aliphatic rings. The van der Waals surface area contributed by atoms with Crippen molar-refractivity contribution in [3.63, 3.8) is 0 Å². The van der Waals surface area contributed by atoms with Crippen LogP contribution in [0.3, 0.4) is 0 Å². The molecule has 0 aromatic rings. The van der Waals surface area contributed by atoms with Gasteiger partial charge in [0.15, 0.2) is 0 Å². The van der Waals surface area contributed by atoms with Gasteiger partial charge in [-0.2, -0.15) is 0 Å². The van der Waals surface area contributed by atoms with Gasteiger partial charge in [0.1, 0.15) is 0 Å². The molecule has 0 aromatic carbocycles. The molecule has 1 saturated carbocycles. The van der Waals surface area contributed by atoms with Crippen molar-refractivity contribution < 1.29 is 14.3 Å². The van der Waals surface area contributed by atoms with Gasteiger partial charge in [0.2, 0.25) is 5.91 Å². The first-order valence-corrected chi connectivity index (χ1v) is 9.60. The molecule has 0 atom stereocenters. The molecule has 0 N–H and O–H groups in total. The van der Waals surface area contributed by atoms with Gasteiger partial charge in [0.05, 0.1) is 13.0 Å². The van der Waals surface area contributed by atoms with E-state index >= 15 is 0 Å². The molecule has 0 aliphatic heterocycles. The lowest BCUT2D eigenvalue weighted by Gasteiger charge is -2.27. The molecule has 0 unspecified atom stereocenters. The van der Waals surface area contributed by atoms with E-state index in [1.165, 1.54) is 44.9 Å². The highest BCUT2D eigenvalue weighted by molar-refractivity contribution is 5.77. The van der Waals surface area contributed by atoms with Crippen LogP contribution in [0.2, 0.25) is 0 Å². The van der Waals surface area contributed by atoms with E-state index in [2.05, 4.69) is 6.92 Å². The molecule has 1 rings (SSSR count). The molecule has 0 radical (unpaired) electrons. The second kappa shape index (κ2) is 12.4. The maximum absolute atomic E-state index is 12.6. The highest BCUT2D eigenvalue weighted by Crippen LogP contribution is 2.27. The van der Waals surface area contributed by atoms with E-state index in [-0.39, 0.29) is 11.9 Å². The van der Waals surface area contributed by atoms with Crippen molar-refractivity contribution in [1.29, 1.82) is 0 Å². The Kier molecular flexibility index (Phi) is 10.8. The molecule has 0 bridgehead atoms. The van der Waals surface area contributed by atoms with Crippen molar-refractivity contribution in [2.24, 2.45) is 5.92 Å². The quantitative estimate of drug-likeness (QED) is 0.420. The zero-order chi connectivity index (χ0) is 16.9. The Morgan fingerprint density at radius 2 is 1.74 bits per heavy atom. The van der Waals surface area contributed by atoms with Crippen molar-refractivity contribution >= 4 is 11.9 Å². The van der Waals surface area contributed by atoms with Crippen molar-refractivity contribution in [2.75, 3.05) is 19.7 Å². The molecule has 0 heterocycles. The van der Waals surface area contributed by atoms with Crippen LogP contribution in [0.15, 0.2) is 0 Å². The SMILES string of the molecule is CCCCCCN(CCC(=O)OCC)C(=O)CC1CCCCC1. The number of carbonyl (C=O) groups excluding carboxylic acids is 2. The molecule has 0 spiro atoms. The van der Waals surface area contributed by atoms with E-state index in [9.17, 15) is 9.59 Å². The molecule has 4 heteroatoms. The van der Waals surface area contributed by atoms with Crippen LogP contribution in [0.5, 0.6) is 0 Å². The number of nitrogens with zero attached hydrogens (tertiary/aromatic N) is 1. The zero-order valence-corrected chi connectivity index (χ0v) is 15.1. The van der Waals surface area contributed by atoms with Crippen molar-refractivity contribution in [1.82, 2.24) is 4.90 Å². The average Bonchev–Trinajstić information content (AvgIpc) is 2.55. The van der Waals surface area contributed by atoms with Crippen LogP contribution in [0.25, 0.3) is 0 Å². The van der Waals surface area contributed by atoms with Crippen molar-refractivity contribution in [3.8, 4) is 0 Å². The van der Waals surface area contributed by atoms with Crippen molar-refractivity contribution in [2.45, 2.75) is 84.5 Å². The number of amides is 1. The van der Waals surface area contributed by atoms with E-state index < -0.39 is 0 Å². The minimum absolute atomic E-state index is 0.198. The lowest BCUT2D eigenvalue weighted by Crippen LogP contribution is -2.35. The maximum Gasteiger partial charge on any atom is 0.307 e. The molecule has 4 nitrogen and oxygen atoms in total. The fourth-order valence-corrected chi connectivity index (χ4v) is 3.32.